The fourth-order valence-electron chi connectivity index (χ4n) is 2.52. The number of hydrogen-bond acceptors (Lipinski definition) is 10. The van der Waals surface area contributed by atoms with E-state index in [1.54, 1.807) is 26.8 Å². The molecule has 0 N–H and O–H groups in total. The third kappa shape index (κ3) is 5.89. The molecule has 0 aromatic heterocycles. The van der Waals surface area contributed by atoms with E-state index in [2.05, 4.69) is 0 Å². The van der Waals surface area contributed by atoms with E-state index in [4.69, 9.17) is 23.7 Å². The summed E-state index contributed by atoms with van der Waals surface area (Å²) in [6.07, 6.45) is -1.95. The lowest BCUT2D eigenvalue weighted by Crippen LogP contribution is -2.21. The van der Waals surface area contributed by atoms with E-state index < -0.39 is 23.2 Å². The van der Waals surface area contributed by atoms with Gasteiger partial charge < -0.3 is 23.7 Å². The number of carbonyl (C=O) groups excluding carboxylic acids is 2. The maximum Gasteiger partial charge on any atom is 0.513 e. The topological polar surface area (TPSA) is 123 Å². The van der Waals surface area contributed by atoms with Gasteiger partial charge in [0.15, 0.2) is 10.9 Å². The zero-order valence-electron chi connectivity index (χ0n) is 16.6. The molecule has 30 heavy (non-hydrogen) atoms. The highest BCUT2D eigenvalue weighted by molar-refractivity contribution is 8.05. The average Bonchev–Trinajstić information content (AvgIpc) is 2.70. The Balaban J connectivity index is 2.54. The van der Waals surface area contributed by atoms with Crippen molar-refractivity contribution in [1.82, 2.24) is 0 Å². The SMILES string of the molecule is CCOC(=O)OC1=CSC(OCC)=C(OC(=O)OCC)C1c1cccc([N+](=O)[O-])c1. The molecule has 0 radical (unpaired) electrons. The first-order chi connectivity index (χ1) is 14.4. The molecule has 10 nitrogen and oxygen atoms in total. The molecule has 0 spiro atoms. The van der Waals surface area contributed by atoms with E-state index in [0.717, 1.165) is 11.8 Å². The Morgan fingerprint density at radius 1 is 1.07 bits per heavy atom. The Morgan fingerprint density at radius 2 is 1.73 bits per heavy atom. The van der Waals surface area contributed by atoms with Crippen molar-refractivity contribution in [3.63, 3.8) is 0 Å². The van der Waals surface area contributed by atoms with Crippen molar-refractivity contribution in [2.75, 3.05) is 19.8 Å². The molecule has 2 rings (SSSR count). The van der Waals surface area contributed by atoms with Crippen LogP contribution in [0.5, 0.6) is 0 Å². The van der Waals surface area contributed by atoms with Gasteiger partial charge in [0.1, 0.15) is 11.7 Å². The number of nitro groups is 1. The van der Waals surface area contributed by atoms with Gasteiger partial charge in [-0.1, -0.05) is 23.9 Å². The number of nitro benzene ring substituents is 1. The van der Waals surface area contributed by atoms with Gasteiger partial charge in [-0.05, 0) is 26.3 Å². The van der Waals surface area contributed by atoms with E-state index >= 15 is 0 Å². The summed E-state index contributed by atoms with van der Waals surface area (Å²) < 4.78 is 25.9. The smallest absolute Gasteiger partial charge is 0.484 e. The van der Waals surface area contributed by atoms with Gasteiger partial charge in [-0.3, -0.25) is 10.1 Å². The molecule has 0 saturated heterocycles. The molecule has 1 atom stereocenters. The number of hydrogen-bond donors (Lipinski definition) is 0. The van der Waals surface area contributed by atoms with Crippen molar-refractivity contribution in [2.45, 2.75) is 26.7 Å². The monoisotopic (exact) mass is 439 g/mol. The van der Waals surface area contributed by atoms with Gasteiger partial charge in [0.25, 0.3) is 5.69 Å². The lowest BCUT2D eigenvalue weighted by molar-refractivity contribution is -0.384. The highest BCUT2D eigenvalue weighted by Crippen LogP contribution is 2.45. The number of carbonyl (C=O) groups is 2. The Hall–Kier alpha value is -3.21. The Labute approximate surface area is 176 Å². The van der Waals surface area contributed by atoms with Gasteiger partial charge in [0.2, 0.25) is 0 Å². The molecule has 1 unspecified atom stereocenters. The summed E-state index contributed by atoms with van der Waals surface area (Å²) >= 11 is 1.03. The molecule has 0 bridgehead atoms. The molecule has 1 aliphatic heterocycles. The summed E-state index contributed by atoms with van der Waals surface area (Å²) in [7, 11) is 0. The minimum Gasteiger partial charge on any atom is -0.484 e. The second kappa shape index (κ2) is 11.1. The Bertz CT molecular complexity index is 865. The number of thioether (sulfide) groups is 1. The summed E-state index contributed by atoms with van der Waals surface area (Å²) in [6, 6.07) is 5.66. The largest absolute Gasteiger partial charge is 0.513 e. The maximum absolute atomic E-state index is 12.0. The molecule has 162 valence electrons. The zero-order chi connectivity index (χ0) is 22.1. The number of ether oxygens (including phenoxy) is 5. The van der Waals surface area contributed by atoms with Crippen LogP contribution in [0.1, 0.15) is 32.3 Å². The zero-order valence-corrected chi connectivity index (χ0v) is 17.4. The quantitative estimate of drug-likeness (QED) is 0.316. The minimum absolute atomic E-state index is 0.0115. The highest BCUT2D eigenvalue weighted by atomic mass is 32.2. The predicted octanol–water partition coefficient (Wildman–Crippen LogP) is 4.82. The second-order valence-electron chi connectivity index (χ2n) is 5.58. The van der Waals surface area contributed by atoms with Gasteiger partial charge in [-0.15, -0.1) is 0 Å². The first-order valence-electron chi connectivity index (χ1n) is 9.08. The lowest BCUT2D eigenvalue weighted by atomic mass is 9.95. The van der Waals surface area contributed by atoms with Crippen molar-refractivity contribution in [2.24, 2.45) is 0 Å². The first-order valence-corrected chi connectivity index (χ1v) is 9.96. The van der Waals surface area contributed by atoms with Gasteiger partial charge in [0.05, 0.1) is 24.7 Å². The van der Waals surface area contributed by atoms with Crippen LogP contribution in [0.4, 0.5) is 15.3 Å². The van der Waals surface area contributed by atoms with E-state index in [-0.39, 0.29) is 42.1 Å². The highest BCUT2D eigenvalue weighted by Gasteiger charge is 2.36. The van der Waals surface area contributed by atoms with Crippen molar-refractivity contribution in [3.8, 4) is 0 Å². The molecule has 1 heterocycles. The fourth-order valence-corrected chi connectivity index (χ4v) is 3.39. The van der Waals surface area contributed by atoms with Crippen molar-refractivity contribution in [3.05, 3.63) is 62.0 Å². The standard InChI is InChI=1S/C19H21NO9S/c1-4-25-17-16(29-19(22)27-6-3)15(12-8-7-9-13(10-12)20(23)24)14(11-30-17)28-18(21)26-5-2/h7-11,15H,4-6H2,1-3H3. The van der Waals surface area contributed by atoms with Crippen LogP contribution in [0.3, 0.4) is 0 Å². The van der Waals surface area contributed by atoms with Gasteiger partial charge in [0, 0.05) is 17.5 Å². The molecule has 1 aromatic carbocycles. The van der Waals surface area contributed by atoms with Crippen LogP contribution < -0.4 is 0 Å². The number of rotatable bonds is 8. The fraction of sp³-hybridized carbons (Fsp3) is 0.368. The predicted molar refractivity (Wildman–Crippen MR) is 106 cm³/mol. The lowest BCUT2D eigenvalue weighted by Gasteiger charge is -2.27. The third-order valence-corrected chi connectivity index (χ3v) is 4.52. The maximum atomic E-state index is 12.0. The van der Waals surface area contributed by atoms with Gasteiger partial charge >= 0.3 is 12.3 Å². The molecule has 0 fully saturated rings. The van der Waals surface area contributed by atoms with Crippen molar-refractivity contribution in [1.29, 1.82) is 0 Å². The van der Waals surface area contributed by atoms with Crippen LogP contribution >= 0.6 is 11.8 Å². The summed E-state index contributed by atoms with van der Waals surface area (Å²) in [5, 5.41) is 13.0. The van der Waals surface area contributed by atoms with Crippen LogP contribution in [0.2, 0.25) is 0 Å². The van der Waals surface area contributed by atoms with Crippen LogP contribution in [0.25, 0.3) is 0 Å². The first kappa shape index (κ1) is 23.1. The van der Waals surface area contributed by atoms with Crippen LogP contribution in [0.15, 0.2) is 46.3 Å². The minimum atomic E-state index is -0.988. The Kier molecular flexibility index (Phi) is 8.54. The molecule has 11 heteroatoms. The third-order valence-electron chi connectivity index (χ3n) is 3.64. The number of benzene rings is 1. The summed E-state index contributed by atoms with van der Waals surface area (Å²) in [6.45, 7) is 5.40. The van der Waals surface area contributed by atoms with Crippen molar-refractivity contribution < 1.29 is 38.2 Å². The van der Waals surface area contributed by atoms with Crippen molar-refractivity contribution >= 4 is 29.8 Å². The van der Waals surface area contributed by atoms with Crippen LogP contribution in [-0.2, 0) is 23.7 Å². The molecule has 0 saturated carbocycles. The normalized spacial score (nSPS) is 15.7. The summed E-state index contributed by atoms with van der Waals surface area (Å²) in [5.41, 5.74) is 0.159. The molecule has 1 aromatic rings. The molecular formula is C19H21NO9S. The Morgan fingerprint density at radius 3 is 2.33 bits per heavy atom. The van der Waals surface area contributed by atoms with E-state index in [1.165, 1.54) is 23.6 Å². The molecule has 0 amide bonds. The second-order valence-corrected chi connectivity index (χ2v) is 6.42. The van der Waals surface area contributed by atoms with Crippen LogP contribution in [-0.4, -0.2) is 37.1 Å². The summed E-state index contributed by atoms with van der Waals surface area (Å²) in [5.74, 6) is -0.939. The number of nitrogens with zero attached hydrogens (tertiary/aromatic N) is 1. The van der Waals surface area contributed by atoms with Crippen LogP contribution in [0, 0.1) is 10.1 Å². The molecule has 1 aliphatic rings. The van der Waals surface area contributed by atoms with E-state index in [1.807, 2.05) is 0 Å². The van der Waals surface area contributed by atoms with E-state index in [9.17, 15) is 19.7 Å². The van der Waals surface area contributed by atoms with E-state index in [0.29, 0.717) is 5.56 Å². The molecular weight excluding hydrogens is 418 g/mol. The van der Waals surface area contributed by atoms with Gasteiger partial charge in [-0.2, -0.15) is 0 Å². The summed E-state index contributed by atoms with van der Waals surface area (Å²) in [4.78, 5) is 34.6. The average molecular weight is 439 g/mol. The number of non-ortho nitro benzene ring substituents is 1. The molecule has 0 aliphatic carbocycles. The van der Waals surface area contributed by atoms with Gasteiger partial charge in [-0.25, -0.2) is 9.59 Å².